The van der Waals surface area contributed by atoms with Gasteiger partial charge in [-0.25, -0.2) is 9.36 Å². The van der Waals surface area contributed by atoms with Gasteiger partial charge in [-0.1, -0.05) is 37.3 Å². The number of fused-ring (bicyclic) bond motifs is 1. The van der Waals surface area contributed by atoms with E-state index in [2.05, 4.69) is 0 Å². The third-order valence-electron chi connectivity index (χ3n) is 6.11. The van der Waals surface area contributed by atoms with Gasteiger partial charge in [0.15, 0.2) is 0 Å². The normalized spacial score (nSPS) is 18.5. The highest BCUT2D eigenvalue weighted by Gasteiger charge is 2.32. The molecule has 1 aliphatic carbocycles. The monoisotopic (exact) mass is 405 g/mol. The summed E-state index contributed by atoms with van der Waals surface area (Å²) in [4.78, 5) is 40.6. The van der Waals surface area contributed by atoms with Crippen LogP contribution in [0.4, 0.5) is 0 Å². The van der Waals surface area contributed by atoms with E-state index in [1.54, 1.807) is 4.57 Å². The van der Waals surface area contributed by atoms with E-state index < -0.39 is 0 Å². The smallest absolute Gasteiger partial charge is 0.335 e. The van der Waals surface area contributed by atoms with Crippen molar-refractivity contribution in [3.63, 3.8) is 0 Å². The van der Waals surface area contributed by atoms with Crippen LogP contribution in [0.3, 0.4) is 0 Å². The van der Waals surface area contributed by atoms with Gasteiger partial charge in [-0.05, 0) is 43.1 Å². The molecular weight excluding hydrogens is 378 g/mol. The average Bonchev–Trinajstić information content (AvgIpc) is 3.33. The molecule has 0 radical (unpaired) electrons. The molecule has 1 fully saturated rings. The van der Waals surface area contributed by atoms with Gasteiger partial charge in [0.2, 0.25) is 11.8 Å². The highest BCUT2D eigenvalue weighted by atomic mass is 16.2. The van der Waals surface area contributed by atoms with Crippen molar-refractivity contribution in [2.75, 3.05) is 13.1 Å². The van der Waals surface area contributed by atoms with Crippen LogP contribution < -0.4 is 5.69 Å². The van der Waals surface area contributed by atoms with Crippen molar-refractivity contribution in [1.29, 1.82) is 0 Å². The average molecular weight is 405 g/mol. The Hall–Kier alpha value is -3.15. The van der Waals surface area contributed by atoms with Crippen LogP contribution in [-0.2, 0) is 11.3 Å². The molecule has 0 spiro atoms. The molecule has 1 atom stereocenters. The molecule has 2 aliphatic rings. The van der Waals surface area contributed by atoms with Crippen molar-refractivity contribution in [1.82, 2.24) is 14.0 Å². The molecule has 0 bridgehead atoms. The summed E-state index contributed by atoms with van der Waals surface area (Å²) in [6.45, 7) is 7.23. The quantitative estimate of drug-likeness (QED) is 0.785. The van der Waals surface area contributed by atoms with E-state index in [0.29, 0.717) is 23.5 Å². The second kappa shape index (κ2) is 7.94. The fraction of sp³-hybridized carbons (Fsp3) is 0.375. The van der Waals surface area contributed by atoms with Crippen molar-refractivity contribution in [3.8, 4) is 0 Å². The minimum absolute atomic E-state index is 0.0142. The molecule has 6 nitrogen and oxygen atoms in total. The molecule has 1 aromatic heterocycles. The van der Waals surface area contributed by atoms with Crippen LogP contribution in [0.15, 0.2) is 40.7 Å². The second-order valence-corrected chi connectivity index (χ2v) is 7.94. The van der Waals surface area contributed by atoms with E-state index in [1.807, 2.05) is 61.2 Å². The van der Waals surface area contributed by atoms with Gasteiger partial charge >= 0.3 is 5.69 Å². The van der Waals surface area contributed by atoms with E-state index in [4.69, 9.17) is 0 Å². The maximum atomic E-state index is 13.4. The summed E-state index contributed by atoms with van der Waals surface area (Å²) in [6.07, 6.45) is 5.77. The number of aromatic nitrogens is 2. The zero-order chi connectivity index (χ0) is 21.4. The highest BCUT2D eigenvalue weighted by molar-refractivity contribution is 6.04. The standard InChI is InChI=1S/C24H27N3O3/c1-4-26-21-15-20(23(29)25-12-8-9-13-25)16(2)19(18-10-6-5-7-11-18)14-22(21)27(17(3)28)24(26)30/h5-7,10-11,14-16H,4,8-9,12-13H2,1-3H3. The van der Waals surface area contributed by atoms with Gasteiger partial charge in [-0.3, -0.25) is 14.2 Å². The van der Waals surface area contributed by atoms with Crippen LogP contribution in [0.1, 0.15) is 55.4 Å². The van der Waals surface area contributed by atoms with Crippen LogP contribution in [0, 0.1) is 5.92 Å². The van der Waals surface area contributed by atoms with Crippen molar-refractivity contribution in [2.45, 2.75) is 40.2 Å². The Labute approximate surface area is 176 Å². The maximum Gasteiger partial charge on any atom is 0.335 e. The third-order valence-corrected chi connectivity index (χ3v) is 6.11. The zero-order valence-electron chi connectivity index (χ0n) is 17.7. The van der Waals surface area contributed by atoms with Crippen LogP contribution in [0.2, 0.25) is 0 Å². The third kappa shape index (κ3) is 3.26. The lowest BCUT2D eigenvalue weighted by Crippen LogP contribution is -2.31. The Bertz CT molecular complexity index is 1110. The fourth-order valence-corrected chi connectivity index (χ4v) is 4.51. The predicted molar refractivity (Wildman–Crippen MR) is 118 cm³/mol. The highest BCUT2D eigenvalue weighted by Crippen LogP contribution is 2.37. The number of imidazole rings is 1. The van der Waals surface area contributed by atoms with E-state index in [-0.39, 0.29) is 23.4 Å². The van der Waals surface area contributed by atoms with Gasteiger partial charge in [0.1, 0.15) is 0 Å². The summed E-state index contributed by atoms with van der Waals surface area (Å²) >= 11 is 0. The van der Waals surface area contributed by atoms with Gasteiger partial charge in [0.05, 0.1) is 11.4 Å². The first-order valence-corrected chi connectivity index (χ1v) is 10.6. The summed E-state index contributed by atoms with van der Waals surface area (Å²) in [5, 5.41) is 0. The Kier molecular flexibility index (Phi) is 5.33. The van der Waals surface area contributed by atoms with Crippen LogP contribution >= 0.6 is 0 Å². The minimum atomic E-state index is -0.363. The molecule has 1 unspecified atom stereocenters. The molecule has 6 heteroatoms. The SMILES string of the molecule is CCn1c2c(n(C(C)=O)c1=O)C=C(c1ccccc1)C(C)C(C(=O)N1CCCC1)=C2. The molecule has 0 N–H and O–H groups in total. The molecule has 2 heterocycles. The number of carbonyl (C=O) groups excluding carboxylic acids is 2. The summed E-state index contributed by atoms with van der Waals surface area (Å²) in [6, 6.07) is 9.85. The lowest BCUT2D eigenvalue weighted by molar-refractivity contribution is -0.126. The lowest BCUT2D eigenvalue weighted by Gasteiger charge is -2.23. The molecule has 1 saturated heterocycles. The summed E-state index contributed by atoms with van der Waals surface area (Å²) in [7, 11) is 0. The van der Waals surface area contributed by atoms with Gasteiger partial charge in [0.25, 0.3) is 0 Å². The number of benzene rings is 1. The number of allylic oxidation sites excluding steroid dienone is 1. The molecule has 1 amide bonds. The first-order chi connectivity index (χ1) is 14.4. The first-order valence-electron chi connectivity index (χ1n) is 10.6. The fourth-order valence-electron chi connectivity index (χ4n) is 4.51. The number of hydrogen-bond acceptors (Lipinski definition) is 3. The van der Waals surface area contributed by atoms with Gasteiger partial charge in [-0.2, -0.15) is 0 Å². The number of rotatable bonds is 3. The molecule has 0 saturated carbocycles. The van der Waals surface area contributed by atoms with Crippen molar-refractivity contribution in [2.24, 2.45) is 5.92 Å². The summed E-state index contributed by atoms with van der Waals surface area (Å²) < 4.78 is 2.79. The molecule has 4 rings (SSSR count). The van der Waals surface area contributed by atoms with Crippen molar-refractivity contribution < 1.29 is 9.59 Å². The Morgan fingerprint density at radius 3 is 2.30 bits per heavy atom. The number of hydrogen-bond donors (Lipinski definition) is 0. The summed E-state index contributed by atoms with van der Waals surface area (Å²) in [5.41, 5.74) is 3.37. The van der Waals surface area contributed by atoms with E-state index >= 15 is 0 Å². The number of carbonyl (C=O) groups is 2. The van der Waals surface area contributed by atoms with E-state index in [9.17, 15) is 14.4 Å². The molecule has 2 aromatic rings. The zero-order valence-corrected chi connectivity index (χ0v) is 17.7. The Morgan fingerprint density at radius 2 is 1.70 bits per heavy atom. The topological polar surface area (TPSA) is 64.3 Å². The molecule has 1 aromatic carbocycles. The summed E-state index contributed by atoms with van der Waals surface area (Å²) in [5.74, 6) is -0.489. The number of amides is 1. The van der Waals surface area contributed by atoms with Crippen LogP contribution in [-0.4, -0.2) is 38.9 Å². The molecule has 30 heavy (non-hydrogen) atoms. The predicted octanol–water partition coefficient (Wildman–Crippen LogP) is 3.53. The largest absolute Gasteiger partial charge is 0.339 e. The van der Waals surface area contributed by atoms with Crippen molar-refractivity contribution >= 4 is 29.5 Å². The van der Waals surface area contributed by atoms with Crippen LogP contribution in [0.5, 0.6) is 0 Å². The van der Waals surface area contributed by atoms with Crippen molar-refractivity contribution in [3.05, 3.63) is 63.3 Å². The number of nitrogens with zero attached hydrogens (tertiary/aromatic N) is 3. The number of likely N-dealkylation sites (tertiary alicyclic amines) is 1. The Balaban J connectivity index is 2.00. The lowest BCUT2D eigenvalue weighted by atomic mass is 9.87. The Morgan fingerprint density at radius 1 is 1.03 bits per heavy atom. The molecule has 156 valence electrons. The van der Waals surface area contributed by atoms with Crippen LogP contribution in [0.25, 0.3) is 17.7 Å². The van der Waals surface area contributed by atoms with Gasteiger partial charge in [-0.15, -0.1) is 0 Å². The maximum absolute atomic E-state index is 13.4. The second-order valence-electron chi connectivity index (χ2n) is 7.94. The minimum Gasteiger partial charge on any atom is -0.339 e. The molecule has 1 aliphatic heterocycles. The molecular formula is C24H27N3O3. The first kappa shape index (κ1) is 20.1. The van der Waals surface area contributed by atoms with E-state index in [1.165, 1.54) is 11.5 Å². The van der Waals surface area contributed by atoms with Gasteiger partial charge < -0.3 is 4.90 Å². The van der Waals surface area contributed by atoms with Gasteiger partial charge in [0, 0.05) is 38.0 Å². The van der Waals surface area contributed by atoms with E-state index in [0.717, 1.165) is 37.1 Å².